The van der Waals surface area contributed by atoms with E-state index in [4.69, 9.17) is 4.74 Å². The van der Waals surface area contributed by atoms with Gasteiger partial charge in [0, 0.05) is 6.04 Å². The molecule has 0 radical (unpaired) electrons. The summed E-state index contributed by atoms with van der Waals surface area (Å²) in [5.41, 5.74) is 0. The molecular weight excluding hydrogens is 186 g/mol. The molecule has 13 heavy (non-hydrogen) atoms. The van der Waals surface area contributed by atoms with Gasteiger partial charge in [0.2, 0.25) is 0 Å². The van der Waals surface area contributed by atoms with Gasteiger partial charge < -0.3 is 10.1 Å². The summed E-state index contributed by atoms with van der Waals surface area (Å²) in [7, 11) is 1.95. The Morgan fingerprint density at radius 2 is 2.31 bits per heavy atom. The number of hydrogen-bond acceptors (Lipinski definition) is 4. The summed E-state index contributed by atoms with van der Waals surface area (Å²) < 4.78 is 4.80. The lowest BCUT2D eigenvalue weighted by molar-refractivity contribution is -0.139. The van der Waals surface area contributed by atoms with Crippen molar-refractivity contribution in [1.82, 2.24) is 5.32 Å². The Bertz CT molecular complexity index is 142. The third-order valence-corrected chi connectivity index (χ3v) is 2.68. The van der Waals surface area contributed by atoms with Crippen LogP contribution in [-0.4, -0.2) is 37.2 Å². The van der Waals surface area contributed by atoms with Crippen LogP contribution in [0.25, 0.3) is 0 Å². The molecule has 1 atom stereocenters. The number of nitrogens with one attached hydrogen (secondary N) is 1. The number of esters is 1. The van der Waals surface area contributed by atoms with E-state index in [1.54, 1.807) is 11.8 Å². The van der Waals surface area contributed by atoms with E-state index in [1.807, 2.05) is 14.0 Å². The van der Waals surface area contributed by atoms with E-state index in [9.17, 15) is 4.79 Å². The number of rotatable bonds is 7. The normalized spacial score (nSPS) is 12.5. The predicted molar refractivity (Wildman–Crippen MR) is 57.1 cm³/mol. The Balaban J connectivity index is 3.20. The monoisotopic (exact) mass is 205 g/mol. The molecule has 0 aliphatic heterocycles. The van der Waals surface area contributed by atoms with Gasteiger partial charge in [0.25, 0.3) is 0 Å². The van der Waals surface area contributed by atoms with E-state index in [0.717, 1.165) is 12.2 Å². The summed E-state index contributed by atoms with van der Waals surface area (Å²) in [6.07, 6.45) is 1.08. The van der Waals surface area contributed by atoms with Gasteiger partial charge >= 0.3 is 5.97 Å². The molecule has 0 aromatic rings. The van der Waals surface area contributed by atoms with E-state index in [0.29, 0.717) is 18.4 Å². The summed E-state index contributed by atoms with van der Waals surface area (Å²) in [4.78, 5) is 10.9. The molecule has 0 rings (SSSR count). The zero-order valence-electron chi connectivity index (χ0n) is 8.63. The molecule has 0 bridgehead atoms. The first-order chi connectivity index (χ1) is 6.20. The van der Waals surface area contributed by atoms with Gasteiger partial charge in [-0.2, -0.15) is 11.8 Å². The van der Waals surface area contributed by atoms with Crippen LogP contribution in [0.15, 0.2) is 0 Å². The van der Waals surface area contributed by atoms with Crippen molar-refractivity contribution in [3.8, 4) is 0 Å². The van der Waals surface area contributed by atoms with E-state index >= 15 is 0 Å². The van der Waals surface area contributed by atoms with Crippen LogP contribution in [0.2, 0.25) is 0 Å². The lowest BCUT2D eigenvalue weighted by Gasteiger charge is -2.08. The quantitative estimate of drug-likeness (QED) is 0.502. The minimum absolute atomic E-state index is 0.107. The highest BCUT2D eigenvalue weighted by molar-refractivity contribution is 7.99. The molecule has 0 spiro atoms. The van der Waals surface area contributed by atoms with Gasteiger partial charge in [0.15, 0.2) is 0 Å². The first-order valence-corrected chi connectivity index (χ1v) is 5.76. The second kappa shape index (κ2) is 8.38. The maximum atomic E-state index is 10.9. The zero-order chi connectivity index (χ0) is 10.1. The Labute approximate surface area is 84.6 Å². The highest BCUT2D eigenvalue weighted by Crippen LogP contribution is 2.05. The number of hydrogen-bond donors (Lipinski definition) is 1. The first kappa shape index (κ1) is 12.8. The summed E-state index contributed by atoms with van der Waals surface area (Å²) in [5.74, 6) is 1.37. The van der Waals surface area contributed by atoms with Crippen LogP contribution in [0.1, 0.15) is 20.3 Å². The van der Waals surface area contributed by atoms with Crippen molar-refractivity contribution in [3.63, 3.8) is 0 Å². The molecule has 1 unspecified atom stereocenters. The molecule has 0 aromatic heterocycles. The summed E-state index contributed by atoms with van der Waals surface area (Å²) in [5, 5.41) is 3.15. The molecule has 0 aliphatic rings. The standard InChI is InChI=1S/C9H19NO2S/c1-4-12-9(11)7-13-6-5-8(2)10-3/h8,10H,4-7H2,1-3H3. The molecule has 0 aliphatic carbocycles. The summed E-state index contributed by atoms with van der Waals surface area (Å²) >= 11 is 1.63. The first-order valence-electron chi connectivity index (χ1n) is 4.61. The van der Waals surface area contributed by atoms with Crippen LogP contribution in [0.4, 0.5) is 0 Å². The minimum atomic E-state index is -0.107. The van der Waals surface area contributed by atoms with Gasteiger partial charge in [-0.1, -0.05) is 0 Å². The maximum absolute atomic E-state index is 10.9. The van der Waals surface area contributed by atoms with Gasteiger partial charge in [0.1, 0.15) is 0 Å². The van der Waals surface area contributed by atoms with Crippen LogP contribution in [-0.2, 0) is 9.53 Å². The maximum Gasteiger partial charge on any atom is 0.315 e. The number of carbonyl (C=O) groups is 1. The Morgan fingerprint density at radius 3 is 2.85 bits per heavy atom. The fraction of sp³-hybridized carbons (Fsp3) is 0.889. The van der Waals surface area contributed by atoms with Crippen molar-refractivity contribution in [3.05, 3.63) is 0 Å². The van der Waals surface area contributed by atoms with E-state index in [1.165, 1.54) is 0 Å². The Hall–Kier alpha value is -0.220. The fourth-order valence-electron chi connectivity index (χ4n) is 0.763. The van der Waals surface area contributed by atoms with Crippen molar-refractivity contribution in [2.24, 2.45) is 0 Å². The second-order valence-corrected chi connectivity index (χ2v) is 3.94. The third-order valence-electron chi connectivity index (χ3n) is 1.71. The fourth-order valence-corrected chi connectivity index (χ4v) is 1.68. The largest absolute Gasteiger partial charge is 0.465 e. The topological polar surface area (TPSA) is 38.3 Å². The van der Waals surface area contributed by atoms with Crippen LogP contribution in [0, 0.1) is 0 Å². The Kier molecular flexibility index (Phi) is 8.24. The average molecular weight is 205 g/mol. The van der Waals surface area contributed by atoms with Crippen LogP contribution in [0.5, 0.6) is 0 Å². The van der Waals surface area contributed by atoms with Crippen molar-refractivity contribution < 1.29 is 9.53 Å². The number of ether oxygens (including phenoxy) is 1. The van der Waals surface area contributed by atoms with Crippen LogP contribution >= 0.6 is 11.8 Å². The van der Waals surface area contributed by atoms with E-state index in [-0.39, 0.29) is 5.97 Å². The molecule has 0 fully saturated rings. The molecule has 0 amide bonds. The molecular formula is C9H19NO2S. The zero-order valence-corrected chi connectivity index (χ0v) is 9.45. The lowest BCUT2D eigenvalue weighted by atomic mass is 10.3. The van der Waals surface area contributed by atoms with Gasteiger partial charge in [0.05, 0.1) is 12.4 Å². The van der Waals surface area contributed by atoms with Crippen molar-refractivity contribution in [2.45, 2.75) is 26.3 Å². The Morgan fingerprint density at radius 1 is 1.62 bits per heavy atom. The van der Waals surface area contributed by atoms with Gasteiger partial charge in [-0.05, 0) is 33.1 Å². The van der Waals surface area contributed by atoms with Gasteiger partial charge in [-0.3, -0.25) is 4.79 Å². The van der Waals surface area contributed by atoms with Gasteiger partial charge in [-0.15, -0.1) is 0 Å². The smallest absolute Gasteiger partial charge is 0.315 e. The van der Waals surface area contributed by atoms with Crippen molar-refractivity contribution >= 4 is 17.7 Å². The number of thioether (sulfide) groups is 1. The number of carbonyl (C=O) groups excluding carboxylic acids is 1. The summed E-state index contributed by atoms with van der Waals surface area (Å²) in [6, 6.07) is 0.523. The predicted octanol–water partition coefficient (Wildman–Crippen LogP) is 1.28. The van der Waals surface area contributed by atoms with Crippen LogP contribution in [0.3, 0.4) is 0 Å². The molecule has 0 saturated heterocycles. The van der Waals surface area contributed by atoms with Crippen molar-refractivity contribution in [2.75, 3.05) is 25.2 Å². The van der Waals surface area contributed by atoms with Gasteiger partial charge in [-0.25, -0.2) is 0 Å². The second-order valence-electron chi connectivity index (χ2n) is 2.84. The molecule has 1 N–H and O–H groups in total. The third kappa shape index (κ3) is 8.12. The lowest BCUT2D eigenvalue weighted by Crippen LogP contribution is -2.21. The van der Waals surface area contributed by atoms with Crippen molar-refractivity contribution in [1.29, 1.82) is 0 Å². The molecule has 78 valence electrons. The molecule has 0 heterocycles. The highest BCUT2D eigenvalue weighted by atomic mass is 32.2. The van der Waals surface area contributed by atoms with E-state index in [2.05, 4.69) is 12.2 Å². The minimum Gasteiger partial charge on any atom is -0.465 e. The molecule has 0 aromatic carbocycles. The molecule has 3 nitrogen and oxygen atoms in total. The average Bonchev–Trinajstić information content (AvgIpc) is 2.12. The van der Waals surface area contributed by atoms with Crippen LogP contribution < -0.4 is 5.32 Å². The highest BCUT2D eigenvalue weighted by Gasteiger charge is 2.02. The molecule has 4 heteroatoms. The molecule has 0 saturated carbocycles. The summed E-state index contributed by atoms with van der Waals surface area (Å²) in [6.45, 7) is 4.43. The van der Waals surface area contributed by atoms with E-state index < -0.39 is 0 Å². The SMILES string of the molecule is CCOC(=O)CSCCC(C)NC.